The van der Waals surface area contributed by atoms with Gasteiger partial charge in [0, 0.05) is 76.8 Å². The Balaban J connectivity index is 1.20. The molecular weight excluding hydrogens is 584 g/mol. The summed E-state index contributed by atoms with van der Waals surface area (Å²) < 4.78 is 5.53. The number of likely N-dealkylation sites (tertiary alicyclic amines) is 1. The van der Waals surface area contributed by atoms with Crippen molar-refractivity contribution < 1.29 is 14.6 Å². The minimum absolute atomic E-state index is 0.0708. The van der Waals surface area contributed by atoms with E-state index < -0.39 is 0 Å². The van der Waals surface area contributed by atoms with Gasteiger partial charge in [-0.2, -0.15) is 0 Å². The summed E-state index contributed by atoms with van der Waals surface area (Å²) in [6.07, 6.45) is 8.23. The maximum atomic E-state index is 13.6. The van der Waals surface area contributed by atoms with Crippen molar-refractivity contribution in [3.63, 3.8) is 0 Å². The molecule has 1 aliphatic carbocycles. The highest BCUT2D eigenvalue weighted by Crippen LogP contribution is 2.54. The molecule has 2 unspecified atom stereocenters. The summed E-state index contributed by atoms with van der Waals surface area (Å²) >= 11 is 0. The fraction of sp³-hybridized carbons (Fsp3) is 0.475. The summed E-state index contributed by atoms with van der Waals surface area (Å²) in [7, 11) is 3.71. The third-order valence-electron chi connectivity index (χ3n) is 13.1. The number of rotatable bonds is 3. The van der Waals surface area contributed by atoms with Gasteiger partial charge in [0.05, 0.1) is 19.1 Å². The lowest BCUT2D eigenvalue weighted by Gasteiger charge is -2.58. The van der Waals surface area contributed by atoms with Crippen LogP contribution in [0.3, 0.4) is 0 Å². The van der Waals surface area contributed by atoms with Crippen molar-refractivity contribution in [3.8, 4) is 0 Å². The second kappa shape index (κ2) is 10.9. The summed E-state index contributed by atoms with van der Waals surface area (Å²) in [5.74, 6) is 0.645. The highest BCUT2D eigenvalue weighted by molar-refractivity contribution is 5.88. The predicted molar refractivity (Wildman–Crippen MR) is 185 cm³/mol. The predicted octanol–water partition coefficient (Wildman–Crippen LogP) is 6.25. The second-order valence-corrected chi connectivity index (χ2v) is 14.9. The number of hydrogen-bond donors (Lipinski definition) is 3. The number of aromatic amines is 2. The third kappa shape index (κ3) is 4.19. The van der Waals surface area contributed by atoms with Gasteiger partial charge in [-0.05, 0) is 93.3 Å². The number of nitrogens with zero attached hydrogens (tertiary/aromatic N) is 2. The topological polar surface area (TPSA) is 84.6 Å². The van der Waals surface area contributed by atoms with Crippen LogP contribution in [0.2, 0.25) is 0 Å². The van der Waals surface area contributed by atoms with Gasteiger partial charge in [-0.15, -0.1) is 0 Å². The van der Waals surface area contributed by atoms with Crippen LogP contribution in [0.25, 0.3) is 21.8 Å². The van der Waals surface area contributed by atoms with Gasteiger partial charge in [-0.3, -0.25) is 14.6 Å². The maximum absolute atomic E-state index is 13.6. The molecule has 4 saturated heterocycles. The van der Waals surface area contributed by atoms with E-state index in [-0.39, 0.29) is 36.4 Å². The number of aliphatic hydroxyl groups excluding tert-OH is 1. The highest BCUT2D eigenvalue weighted by Gasteiger charge is 2.53. The van der Waals surface area contributed by atoms with Gasteiger partial charge in [-0.1, -0.05) is 47.6 Å². The van der Waals surface area contributed by atoms with Crippen LogP contribution in [0.4, 0.5) is 0 Å². The van der Waals surface area contributed by atoms with E-state index >= 15 is 0 Å². The number of carbonyl (C=O) groups excluding carboxylic acids is 1. The number of para-hydroxylation sites is 1. The van der Waals surface area contributed by atoms with Crippen LogP contribution in [-0.2, 0) is 22.4 Å². The van der Waals surface area contributed by atoms with E-state index in [1.165, 1.54) is 55.5 Å². The molecule has 2 aromatic heterocycles. The van der Waals surface area contributed by atoms with E-state index in [0.29, 0.717) is 23.9 Å². The SMILES string of the molecule is C/C=C1/CN2[C@H]3C[C@@H]1[C@@H](CO)[C@@H]2Cc1c3[nH]c2ccc(C3C[C@H]4/C(=C\C)CN(C)[C@@H](Cc5c3[nH]c3ccccc53)[C@H]4C(=O)OC)cc12. The number of hydrogen-bond acceptors (Lipinski definition) is 5. The van der Waals surface area contributed by atoms with Gasteiger partial charge in [0.2, 0.25) is 0 Å². The molecule has 7 heterocycles. The Morgan fingerprint density at radius 2 is 1.64 bits per heavy atom. The van der Waals surface area contributed by atoms with Gasteiger partial charge in [0.1, 0.15) is 0 Å². The number of nitrogens with one attached hydrogen (secondary N) is 2. The first kappa shape index (κ1) is 29.5. The average Bonchev–Trinajstić information content (AvgIpc) is 3.64. The highest BCUT2D eigenvalue weighted by atomic mass is 16.5. The molecule has 4 fully saturated rings. The Kier molecular flexibility index (Phi) is 6.86. The summed E-state index contributed by atoms with van der Waals surface area (Å²) in [6, 6.07) is 16.6. The molecule has 0 spiro atoms. The minimum Gasteiger partial charge on any atom is -0.469 e. The Bertz CT molecular complexity index is 1970. The fourth-order valence-corrected chi connectivity index (χ4v) is 10.9. The van der Waals surface area contributed by atoms with E-state index in [4.69, 9.17) is 4.74 Å². The van der Waals surface area contributed by atoms with E-state index in [1.807, 2.05) is 0 Å². The largest absolute Gasteiger partial charge is 0.469 e. The molecule has 2 aromatic carbocycles. The molecule has 7 heteroatoms. The molecule has 0 amide bonds. The van der Waals surface area contributed by atoms with Crippen molar-refractivity contribution in [1.29, 1.82) is 0 Å². The van der Waals surface area contributed by atoms with E-state index in [2.05, 4.69) is 95.3 Å². The Morgan fingerprint density at radius 3 is 2.43 bits per heavy atom. The van der Waals surface area contributed by atoms with Crippen LogP contribution in [-0.4, -0.2) is 76.8 Å². The van der Waals surface area contributed by atoms with Gasteiger partial charge in [0.15, 0.2) is 0 Å². The smallest absolute Gasteiger partial charge is 0.310 e. The molecule has 47 heavy (non-hydrogen) atoms. The standard InChI is InChI=1S/C40H46N4O3/c1-5-21-18-43(3)35-17-29-24-9-7-8-10-32(24)41-38(29)27(14-26(21)37(35)40(46)47-4)23-11-12-33-28(13-23)30-16-34-31(20-45)25-15-36(39(30)42-33)44(34)19-22(25)6-2/h5-13,25-27,31,34-37,41-42,45H,14-20H2,1-4H3/b21-5-,22-6-/t25-,26-,27?,31+,34-,35-,36-,37-/m0/s1. The summed E-state index contributed by atoms with van der Waals surface area (Å²) in [4.78, 5) is 26.5. The van der Waals surface area contributed by atoms with Crippen LogP contribution in [0.1, 0.15) is 66.7 Å². The van der Waals surface area contributed by atoms with Crippen molar-refractivity contribution in [3.05, 3.63) is 93.8 Å². The lowest BCUT2D eigenvalue weighted by Crippen LogP contribution is -2.60. The van der Waals surface area contributed by atoms with Crippen molar-refractivity contribution in [2.45, 2.75) is 63.6 Å². The van der Waals surface area contributed by atoms with Gasteiger partial charge in [0.25, 0.3) is 0 Å². The number of aliphatic hydroxyl groups is 1. The lowest BCUT2D eigenvalue weighted by molar-refractivity contribution is -0.151. The zero-order valence-electron chi connectivity index (χ0n) is 27.9. The fourth-order valence-electron chi connectivity index (χ4n) is 10.9. The van der Waals surface area contributed by atoms with Crippen molar-refractivity contribution in [1.82, 2.24) is 19.8 Å². The monoisotopic (exact) mass is 630 g/mol. The zero-order valence-corrected chi connectivity index (χ0v) is 27.9. The number of methoxy groups -OCH3 is 1. The Hall–Kier alpha value is -3.65. The summed E-state index contributed by atoms with van der Waals surface area (Å²) in [6.45, 7) is 6.41. The first-order valence-corrected chi connectivity index (χ1v) is 17.6. The summed E-state index contributed by atoms with van der Waals surface area (Å²) in [5, 5.41) is 13.2. The molecular formula is C40H46N4O3. The molecule has 0 saturated carbocycles. The van der Waals surface area contributed by atoms with Gasteiger partial charge < -0.3 is 19.8 Å². The number of ether oxygens (including phenoxy) is 1. The second-order valence-electron chi connectivity index (χ2n) is 14.9. The lowest BCUT2D eigenvalue weighted by atomic mass is 9.64. The van der Waals surface area contributed by atoms with Crippen molar-refractivity contribution in [2.75, 3.05) is 33.9 Å². The Morgan fingerprint density at radius 1 is 0.915 bits per heavy atom. The maximum Gasteiger partial charge on any atom is 0.310 e. The number of likely N-dealkylation sites (N-methyl/N-ethyl adjacent to an activating group) is 1. The van der Waals surface area contributed by atoms with E-state index in [9.17, 15) is 9.90 Å². The molecule has 5 aliphatic heterocycles. The molecule has 10 rings (SSSR count). The van der Waals surface area contributed by atoms with Crippen molar-refractivity contribution >= 4 is 27.8 Å². The number of piperidine rings is 4. The molecule has 3 N–H and O–H groups in total. The van der Waals surface area contributed by atoms with Crippen molar-refractivity contribution in [2.24, 2.45) is 23.7 Å². The Labute approximate surface area is 276 Å². The van der Waals surface area contributed by atoms with Crippen LogP contribution in [0, 0.1) is 23.7 Å². The van der Waals surface area contributed by atoms with Crippen LogP contribution < -0.4 is 0 Å². The van der Waals surface area contributed by atoms with Crippen LogP contribution in [0.15, 0.2) is 65.8 Å². The number of carbonyl (C=O) groups is 1. The number of allylic oxidation sites excluding steroid dienone is 2. The number of esters is 1. The first-order valence-electron chi connectivity index (χ1n) is 17.6. The molecule has 4 aromatic rings. The number of aromatic nitrogens is 2. The molecule has 9 atom stereocenters. The third-order valence-corrected chi connectivity index (χ3v) is 13.1. The molecule has 7 nitrogen and oxygen atoms in total. The molecule has 0 radical (unpaired) electrons. The summed E-state index contributed by atoms with van der Waals surface area (Å²) in [5.41, 5.74) is 11.9. The van der Waals surface area contributed by atoms with Crippen LogP contribution >= 0.6 is 0 Å². The van der Waals surface area contributed by atoms with Gasteiger partial charge in [-0.25, -0.2) is 0 Å². The number of H-pyrrole nitrogens is 2. The molecule has 244 valence electrons. The minimum atomic E-state index is -0.223. The van der Waals surface area contributed by atoms with Crippen LogP contribution in [0.5, 0.6) is 0 Å². The number of fused-ring (bicyclic) bond motifs is 9. The zero-order chi connectivity index (χ0) is 32.1. The first-order chi connectivity index (χ1) is 22.9. The molecule has 6 bridgehead atoms. The normalized spacial score (nSPS) is 34.8. The van der Waals surface area contributed by atoms with E-state index in [0.717, 1.165) is 44.3 Å². The molecule has 6 aliphatic rings. The van der Waals surface area contributed by atoms with E-state index in [1.54, 1.807) is 7.11 Å². The number of benzene rings is 2. The quantitative estimate of drug-likeness (QED) is 0.184. The van der Waals surface area contributed by atoms with Gasteiger partial charge >= 0.3 is 5.97 Å². The average molecular weight is 631 g/mol.